The molecule has 148 valence electrons. The van der Waals surface area contributed by atoms with E-state index in [1.54, 1.807) is 0 Å². The molecule has 0 N–H and O–H groups in total. The monoisotopic (exact) mass is 545 g/mol. The summed E-state index contributed by atoms with van der Waals surface area (Å²) < 4.78 is 5.74. The quantitative estimate of drug-likeness (QED) is 0.315. The van der Waals surface area contributed by atoms with Crippen molar-refractivity contribution in [3.05, 3.63) is 81.1 Å². The number of hydrogen-bond acceptors (Lipinski definition) is 2. The summed E-state index contributed by atoms with van der Waals surface area (Å²) in [5.41, 5.74) is 12.1. The zero-order valence-electron chi connectivity index (χ0n) is 18.6. The molecule has 0 radical (unpaired) electrons. The molecule has 0 saturated carbocycles. The minimum Gasteiger partial charge on any atom is -0.534 e. The molecular formula is C25H31NOW. The van der Waals surface area contributed by atoms with Crippen molar-refractivity contribution < 1.29 is 25.5 Å². The molecule has 0 spiro atoms. The van der Waals surface area contributed by atoms with Gasteiger partial charge < -0.3 is 4.42 Å². The SMILES string of the molecule is Cc1[c-]c(C)c(C)cc1.[CH2-]c1nc(-c2c(C)c(C)c(C)c(C)c2C)oc1C.[W+2]. The van der Waals surface area contributed by atoms with Crippen molar-refractivity contribution in [2.24, 2.45) is 0 Å². The van der Waals surface area contributed by atoms with E-state index in [9.17, 15) is 0 Å². The maximum atomic E-state index is 5.74. The van der Waals surface area contributed by atoms with E-state index in [0.29, 0.717) is 5.89 Å². The first-order valence-corrected chi connectivity index (χ1v) is 9.37. The average Bonchev–Trinajstić information content (AvgIpc) is 2.94. The van der Waals surface area contributed by atoms with E-state index in [2.05, 4.69) is 85.5 Å². The molecule has 0 amide bonds. The molecule has 2 nitrogen and oxygen atoms in total. The van der Waals surface area contributed by atoms with E-state index in [-0.39, 0.29) is 21.1 Å². The normalized spacial score (nSPS) is 10.2. The maximum absolute atomic E-state index is 5.74. The zero-order valence-corrected chi connectivity index (χ0v) is 21.6. The predicted octanol–water partition coefficient (Wildman–Crippen LogP) is 6.78. The molecule has 0 bridgehead atoms. The molecule has 0 fully saturated rings. The second kappa shape index (κ2) is 9.61. The topological polar surface area (TPSA) is 26.0 Å². The first kappa shape index (κ1) is 24.2. The van der Waals surface area contributed by atoms with Gasteiger partial charge >= 0.3 is 21.1 Å². The fraction of sp³-hybridized carbons (Fsp3) is 0.360. The van der Waals surface area contributed by atoms with Crippen LogP contribution in [0.3, 0.4) is 0 Å². The van der Waals surface area contributed by atoms with Crippen molar-refractivity contribution in [2.45, 2.75) is 62.3 Å². The van der Waals surface area contributed by atoms with Crippen LogP contribution in [-0.4, -0.2) is 4.98 Å². The van der Waals surface area contributed by atoms with Crippen LogP contribution < -0.4 is 0 Å². The summed E-state index contributed by atoms with van der Waals surface area (Å²) in [4.78, 5) is 4.44. The third-order valence-electron chi connectivity index (χ3n) is 5.67. The first-order chi connectivity index (χ1) is 12.5. The molecular weight excluding hydrogens is 514 g/mol. The van der Waals surface area contributed by atoms with Gasteiger partial charge in [-0.05, 0) is 68.2 Å². The fourth-order valence-electron chi connectivity index (χ4n) is 3.17. The number of rotatable bonds is 1. The minimum atomic E-state index is 0. The van der Waals surface area contributed by atoms with Crippen molar-refractivity contribution in [1.29, 1.82) is 0 Å². The van der Waals surface area contributed by atoms with E-state index in [1.807, 2.05) is 6.92 Å². The molecule has 0 aliphatic carbocycles. The Morgan fingerprint density at radius 1 is 0.786 bits per heavy atom. The van der Waals surface area contributed by atoms with E-state index in [4.69, 9.17) is 4.42 Å². The second-order valence-electron chi connectivity index (χ2n) is 7.47. The van der Waals surface area contributed by atoms with Gasteiger partial charge in [0, 0.05) is 5.56 Å². The minimum absolute atomic E-state index is 0. The molecule has 0 saturated heterocycles. The molecule has 0 unspecified atom stereocenters. The van der Waals surface area contributed by atoms with Gasteiger partial charge in [0.25, 0.3) is 0 Å². The Morgan fingerprint density at radius 3 is 1.68 bits per heavy atom. The Morgan fingerprint density at radius 2 is 1.29 bits per heavy atom. The van der Waals surface area contributed by atoms with E-state index in [1.165, 1.54) is 44.5 Å². The fourth-order valence-corrected chi connectivity index (χ4v) is 3.17. The standard InChI is InChI=1S/C16H20NO.C9H11.W/c1-8-9(2)11(4)15(12(5)10(8)3)16-17-13(6)14(7)18-16;1-7-4-5-8(2)9(3)6-7;/h6H2,1-5,7H3;4-5H,1-3H3;/q2*-1;+2. The third-order valence-corrected chi connectivity index (χ3v) is 5.67. The van der Waals surface area contributed by atoms with Crippen molar-refractivity contribution in [3.63, 3.8) is 0 Å². The average molecular weight is 545 g/mol. The molecule has 0 aliphatic heterocycles. The van der Waals surface area contributed by atoms with Gasteiger partial charge in [-0.1, -0.05) is 33.4 Å². The summed E-state index contributed by atoms with van der Waals surface area (Å²) in [7, 11) is 0. The zero-order chi connectivity index (χ0) is 20.5. The van der Waals surface area contributed by atoms with Gasteiger partial charge in [-0.2, -0.15) is 34.9 Å². The molecule has 0 atom stereocenters. The summed E-state index contributed by atoms with van der Waals surface area (Å²) in [6.45, 7) is 22.8. The van der Waals surface area contributed by atoms with Crippen LogP contribution >= 0.6 is 0 Å². The van der Waals surface area contributed by atoms with Crippen LogP contribution in [0.1, 0.15) is 56.0 Å². The summed E-state index contributed by atoms with van der Waals surface area (Å²) in [6.07, 6.45) is 0. The molecule has 3 rings (SSSR count). The van der Waals surface area contributed by atoms with Crippen LogP contribution in [0.4, 0.5) is 0 Å². The van der Waals surface area contributed by atoms with E-state index >= 15 is 0 Å². The summed E-state index contributed by atoms with van der Waals surface area (Å²) in [5, 5.41) is 0. The van der Waals surface area contributed by atoms with Crippen LogP contribution in [0.5, 0.6) is 0 Å². The van der Waals surface area contributed by atoms with Crippen LogP contribution in [0.2, 0.25) is 0 Å². The Labute approximate surface area is 185 Å². The molecule has 3 heteroatoms. The summed E-state index contributed by atoms with van der Waals surface area (Å²) in [5.74, 6) is 1.48. The summed E-state index contributed by atoms with van der Waals surface area (Å²) >= 11 is 0. The van der Waals surface area contributed by atoms with Gasteiger partial charge in [0.1, 0.15) is 0 Å². The predicted molar refractivity (Wildman–Crippen MR) is 114 cm³/mol. The number of hydrogen-bond donors (Lipinski definition) is 0. The Bertz CT molecular complexity index is 934. The van der Waals surface area contributed by atoms with E-state index in [0.717, 1.165) is 17.0 Å². The third kappa shape index (κ3) is 4.97. The number of nitrogens with zero attached hydrogens (tertiary/aromatic N) is 1. The van der Waals surface area contributed by atoms with E-state index < -0.39 is 0 Å². The van der Waals surface area contributed by atoms with Crippen LogP contribution in [0, 0.1) is 75.3 Å². The number of aryl methyl sites for hydroxylation is 4. The van der Waals surface area contributed by atoms with Gasteiger partial charge in [0.2, 0.25) is 5.89 Å². The molecule has 1 aromatic heterocycles. The molecule has 28 heavy (non-hydrogen) atoms. The second-order valence-corrected chi connectivity index (χ2v) is 7.47. The van der Waals surface area contributed by atoms with Crippen LogP contribution in [0.25, 0.3) is 11.5 Å². The van der Waals surface area contributed by atoms with Gasteiger partial charge in [-0.25, -0.2) is 6.92 Å². The number of aromatic nitrogens is 1. The van der Waals surface area contributed by atoms with Gasteiger partial charge in [-0.3, -0.25) is 4.98 Å². The van der Waals surface area contributed by atoms with Crippen molar-refractivity contribution in [2.75, 3.05) is 0 Å². The Balaban J connectivity index is 0.000000332. The van der Waals surface area contributed by atoms with Crippen molar-refractivity contribution in [1.82, 2.24) is 4.98 Å². The Kier molecular flexibility index (Phi) is 8.32. The largest absolute Gasteiger partial charge is 2.00 e. The molecule has 2 aromatic carbocycles. The molecule has 1 heterocycles. The maximum Gasteiger partial charge on any atom is 2.00 e. The van der Waals surface area contributed by atoms with Crippen LogP contribution in [-0.2, 0) is 21.1 Å². The molecule has 3 aromatic rings. The number of oxazole rings is 1. The first-order valence-electron chi connectivity index (χ1n) is 9.37. The van der Waals surface area contributed by atoms with Gasteiger partial charge in [0.05, 0.1) is 0 Å². The Hall–Kier alpha value is -1.79. The smallest absolute Gasteiger partial charge is 0.534 e. The van der Waals surface area contributed by atoms with Crippen molar-refractivity contribution in [3.8, 4) is 11.5 Å². The number of benzene rings is 2. The molecule has 0 aliphatic rings. The van der Waals surface area contributed by atoms with Crippen LogP contribution in [0.15, 0.2) is 16.5 Å². The van der Waals surface area contributed by atoms with Gasteiger partial charge in [-0.15, -0.1) is 0 Å². The van der Waals surface area contributed by atoms with Gasteiger partial charge in [0.15, 0.2) is 0 Å². The summed E-state index contributed by atoms with van der Waals surface area (Å²) in [6, 6.07) is 7.45. The van der Waals surface area contributed by atoms with Crippen molar-refractivity contribution >= 4 is 0 Å².